The molecule has 1 aliphatic heterocycles. The second kappa shape index (κ2) is 5.29. The molecular formula is C13H17NO3. The Morgan fingerprint density at radius 3 is 2.94 bits per heavy atom. The highest BCUT2D eigenvalue weighted by Crippen LogP contribution is 2.20. The number of aliphatic hydroxyl groups is 1. The molecule has 1 aromatic carbocycles. The Morgan fingerprint density at radius 1 is 1.47 bits per heavy atom. The van der Waals surface area contributed by atoms with E-state index in [4.69, 9.17) is 9.84 Å². The number of hydrogen-bond acceptors (Lipinski definition) is 3. The van der Waals surface area contributed by atoms with Gasteiger partial charge in [-0.05, 0) is 29.7 Å². The molecule has 2 N–H and O–H groups in total. The van der Waals surface area contributed by atoms with Gasteiger partial charge in [0.05, 0.1) is 25.9 Å². The SMILES string of the molecule is CC[C@@H](CO)NC(=O)c1ccc2c(c1)COC2. The Bertz CT molecular complexity index is 413. The predicted molar refractivity (Wildman–Crippen MR) is 63.6 cm³/mol. The lowest BCUT2D eigenvalue weighted by Gasteiger charge is -2.14. The fraction of sp³-hybridized carbons (Fsp3) is 0.462. The number of carbonyl (C=O) groups is 1. The van der Waals surface area contributed by atoms with Crippen molar-refractivity contribution in [2.45, 2.75) is 32.6 Å². The molecule has 2 rings (SSSR count). The maximum Gasteiger partial charge on any atom is 0.251 e. The quantitative estimate of drug-likeness (QED) is 0.825. The zero-order chi connectivity index (χ0) is 12.3. The fourth-order valence-electron chi connectivity index (χ4n) is 1.86. The first-order chi connectivity index (χ1) is 8.24. The number of aliphatic hydroxyl groups excluding tert-OH is 1. The molecule has 0 saturated heterocycles. The van der Waals surface area contributed by atoms with Crippen molar-refractivity contribution in [2.75, 3.05) is 6.61 Å². The molecule has 0 aliphatic carbocycles. The van der Waals surface area contributed by atoms with Crippen LogP contribution < -0.4 is 5.32 Å². The highest BCUT2D eigenvalue weighted by Gasteiger charge is 2.15. The number of benzene rings is 1. The van der Waals surface area contributed by atoms with Gasteiger partial charge in [-0.2, -0.15) is 0 Å². The average Bonchev–Trinajstić information content (AvgIpc) is 2.82. The summed E-state index contributed by atoms with van der Waals surface area (Å²) in [6.07, 6.45) is 0.719. The molecule has 4 nitrogen and oxygen atoms in total. The first-order valence-corrected chi connectivity index (χ1v) is 5.86. The molecule has 0 saturated carbocycles. The second-order valence-corrected chi connectivity index (χ2v) is 4.24. The van der Waals surface area contributed by atoms with Gasteiger partial charge in [0.2, 0.25) is 0 Å². The smallest absolute Gasteiger partial charge is 0.251 e. The summed E-state index contributed by atoms with van der Waals surface area (Å²) in [5, 5.41) is 11.8. The highest BCUT2D eigenvalue weighted by molar-refractivity contribution is 5.94. The van der Waals surface area contributed by atoms with Crippen molar-refractivity contribution in [3.05, 3.63) is 34.9 Å². The lowest BCUT2D eigenvalue weighted by Crippen LogP contribution is -2.36. The van der Waals surface area contributed by atoms with Crippen molar-refractivity contribution in [3.63, 3.8) is 0 Å². The molecule has 0 bridgehead atoms. The van der Waals surface area contributed by atoms with Crippen LogP contribution in [0.1, 0.15) is 34.8 Å². The number of carbonyl (C=O) groups excluding carboxylic acids is 1. The fourth-order valence-corrected chi connectivity index (χ4v) is 1.86. The summed E-state index contributed by atoms with van der Waals surface area (Å²) in [5.41, 5.74) is 2.85. The molecule has 0 radical (unpaired) electrons. The van der Waals surface area contributed by atoms with E-state index in [1.807, 2.05) is 19.1 Å². The molecule has 0 spiro atoms. The minimum atomic E-state index is -0.174. The Morgan fingerprint density at radius 2 is 2.24 bits per heavy atom. The molecule has 92 valence electrons. The van der Waals surface area contributed by atoms with Gasteiger partial charge in [-0.15, -0.1) is 0 Å². The van der Waals surface area contributed by atoms with Crippen LogP contribution in [0.15, 0.2) is 18.2 Å². The molecular weight excluding hydrogens is 218 g/mol. The van der Waals surface area contributed by atoms with Gasteiger partial charge in [0.1, 0.15) is 0 Å². The number of ether oxygens (including phenoxy) is 1. The first kappa shape index (κ1) is 12.1. The standard InChI is InChI=1S/C13H17NO3/c1-2-12(6-15)14-13(16)9-3-4-10-7-17-8-11(10)5-9/h3-5,12,15H,2,6-8H2,1H3,(H,14,16)/t12-/m0/s1. The summed E-state index contributed by atoms with van der Waals surface area (Å²) in [4.78, 5) is 11.9. The largest absolute Gasteiger partial charge is 0.394 e. The van der Waals surface area contributed by atoms with Crippen LogP contribution in [-0.4, -0.2) is 23.7 Å². The Labute approximate surface area is 101 Å². The Hall–Kier alpha value is -1.39. The van der Waals surface area contributed by atoms with Crippen molar-refractivity contribution in [2.24, 2.45) is 0 Å². The predicted octanol–water partition coefficient (Wildman–Crippen LogP) is 1.22. The summed E-state index contributed by atoms with van der Waals surface area (Å²) in [6, 6.07) is 5.42. The minimum absolute atomic E-state index is 0.0315. The Balaban J connectivity index is 2.09. The molecule has 1 amide bonds. The van der Waals surface area contributed by atoms with Gasteiger partial charge in [-0.1, -0.05) is 13.0 Å². The van der Waals surface area contributed by atoms with Crippen LogP contribution in [0.3, 0.4) is 0 Å². The summed E-state index contributed by atoms with van der Waals surface area (Å²) >= 11 is 0. The maximum atomic E-state index is 11.9. The van der Waals surface area contributed by atoms with E-state index in [2.05, 4.69) is 5.32 Å². The van der Waals surface area contributed by atoms with Crippen molar-refractivity contribution >= 4 is 5.91 Å². The van der Waals surface area contributed by atoms with Gasteiger partial charge in [-0.25, -0.2) is 0 Å². The van der Waals surface area contributed by atoms with Crippen LogP contribution in [0, 0.1) is 0 Å². The van der Waals surface area contributed by atoms with E-state index in [1.54, 1.807) is 6.07 Å². The number of nitrogens with one attached hydrogen (secondary N) is 1. The summed E-state index contributed by atoms with van der Waals surface area (Å²) in [5.74, 6) is -0.138. The molecule has 1 aliphatic rings. The number of fused-ring (bicyclic) bond motifs is 1. The van der Waals surface area contributed by atoms with E-state index >= 15 is 0 Å². The van der Waals surface area contributed by atoms with E-state index < -0.39 is 0 Å². The molecule has 1 aromatic rings. The minimum Gasteiger partial charge on any atom is -0.394 e. The number of amides is 1. The Kier molecular flexibility index (Phi) is 3.76. The van der Waals surface area contributed by atoms with Gasteiger partial charge in [0, 0.05) is 5.56 Å². The third-order valence-electron chi connectivity index (χ3n) is 3.03. The van der Waals surface area contributed by atoms with Crippen LogP contribution >= 0.6 is 0 Å². The van der Waals surface area contributed by atoms with E-state index in [0.717, 1.165) is 17.5 Å². The highest BCUT2D eigenvalue weighted by atomic mass is 16.5. The summed E-state index contributed by atoms with van der Waals surface area (Å²) in [7, 11) is 0. The third kappa shape index (κ3) is 2.65. The van der Waals surface area contributed by atoms with E-state index in [-0.39, 0.29) is 18.6 Å². The lowest BCUT2D eigenvalue weighted by atomic mass is 10.1. The monoisotopic (exact) mass is 235 g/mol. The number of rotatable bonds is 4. The topological polar surface area (TPSA) is 58.6 Å². The summed E-state index contributed by atoms with van der Waals surface area (Å²) < 4.78 is 5.30. The van der Waals surface area contributed by atoms with Crippen molar-refractivity contribution < 1.29 is 14.6 Å². The second-order valence-electron chi connectivity index (χ2n) is 4.24. The van der Waals surface area contributed by atoms with Crippen LogP contribution in [0.5, 0.6) is 0 Å². The van der Waals surface area contributed by atoms with Crippen LogP contribution in [-0.2, 0) is 18.0 Å². The zero-order valence-electron chi connectivity index (χ0n) is 9.90. The van der Waals surface area contributed by atoms with Crippen LogP contribution in [0.2, 0.25) is 0 Å². The van der Waals surface area contributed by atoms with E-state index in [0.29, 0.717) is 18.8 Å². The number of hydrogen-bond donors (Lipinski definition) is 2. The molecule has 4 heteroatoms. The van der Waals surface area contributed by atoms with Crippen molar-refractivity contribution in [1.82, 2.24) is 5.32 Å². The normalized spacial score (nSPS) is 15.4. The van der Waals surface area contributed by atoms with Gasteiger partial charge in [-0.3, -0.25) is 4.79 Å². The van der Waals surface area contributed by atoms with Crippen molar-refractivity contribution in [1.29, 1.82) is 0 Å². The maximum absolute atomic E-state index is 11.9. The van der Waals surface area contributed by atoms with Gasteiger partial charge >= 0.3 is 0 Å². The first-order valence-electron chi connectivity index (χ1n) is 5.86. The molecule has 1 atom stereocenters. The van der Waals surface area contributed by atoms with E-state index in [1.165, 1.54) is 0 Å². The van der Waals surface area contributed by atoms with E-state index in [9.17, 15) is 4.79 Å². The molecule has 0 fully saturated rings. The van der Waals surface area contributed by atoms with Crippen LogP contribution in [0.4, 0.5) is 0 Å². The molecule has 1 heterocycles. The molecule has 0 unspecified atom stereocenters. The summed E-state index contributed by atoms with van der Waals surface area (Å²) in [6.45, 7) is 3.10. The van der Waals surface area contributed by atoms with Gasteiger partial charge < -0.3 is 15.2 Å². The van der Waals surface area contributed by atoms with Gasteiger partial charge in [0.25, 0.3) is 5.91 Å². The average molecular weight is 235 g/mol. The zero-order valence-corrected chi connectivity index (χ0v) is 9.90. The van der Waals surface area contributed by atoms with Crippen LogP contribution in [0.25, 0.3) is 0 Å². The van der Waals surface area contributed by atoms with Crippen molar-refractivity contribution in [3.8, 4) is 0 Å². The third-order valence-corrected chi connectivity index (χ3v) is 3.03. The molecule has 17 heavy (non-hydrogen) atoms. The molecule has 0 aromatic heterocycles. The lowest BCUT2D eigenvalue weighted by molar-refractivity contribution is 0.0915. The van der Waals surface area contributed by atoms with Gasteiger partial charge in [0.15, 0.2) is 0 Å².